The average Bonchev–Trinajstić information content (AvgIpc) is 2.45. The monoisotopic (exact) mass is 505 g/mol. The lowest BCUT2D eigenvalue weighted by atomic mass is 10.0. The molecule has 2 rings (SSSR count). The minimum absolute atomic E-state index is 0.0551. The molecule has 1 radical (unpaired) electrons. The second-order valence-electron chi connectivity index (χ2n) is 4.92. The lowest BCUT2D eigenvalue weighted by molar-refractivity contribution is 0.359. The molecule has 0 atom stereocenters. The molecule has 131 valence electrons. The van der Waals surface area contributed by atoms with Gasteiger partial charge in [0.1, 0.15) is 0 Å². The molecule has 0 fully saturated rings. The molecule has 0 unspecified atom stereocenters. The molecule has 0 aliphatic carbocycles. The van der Waals surface area contributed by atoms with Crippen molar-refractivity contribution in [3.63, 3.8) is 0 Å². The molecule has 0 N–H and O–H groups in total. The molecule has 0 aromatic heterocycles. The van der Waals surface area contributed by atoms with Gasteiger partial charge in [-0.15, -0.1) is 0 Å². The molecule has 0 heterocycles. The first kappa shape index (κ1) is 21.4. The minimum Gasteiger partial charge on any atom is -0.289 e. The standard InChI is InChI=1S/C14H6Cl9O/c15-11(16,12(17,18)13(19,20)14(21,22)23)8-5-7-3-1-2-4-9(7)10(24)6-8/h1-6H. The van der Waals surface area contributed by atoms with Gasteiger partial charge in [0.05, 0.1) is 0 Å². The molecule has 1 nitrogen and oxygen atoms in total. The summed E-state index contributed by atoms with van der Waals surface area (Å²) >= 11 is 54.5. The Morgan fingerprint density at radius 1 is 0.708 bits per heavy atom. The van der Waals surface area contributed by atoms with E-state index in [-0.39, 0.29) is 11.3 Å². The van der Waals surface area contributed by atoms with Crippen molar-refractivity contribution < 1.29 is 5.11 Å². The van der Waals surface area contributed by atoms with Crippen molar-refractivity contribution in [2.24, 2.45) is 0 Å². The van der Waals surface area contributed by atoms with Crippen LogP contribution in [0.1, 0.15) is 5.56 Å². The first-order valence-corrected chi connectivity index (χ1v) is 9.54. The Bertz CT molecular complexity index is 764. The van der Waals surface area contributed by atoms with E-state index in [2.05, 4.69) is 0 Å². The van der Waals surface area contributed by atoms with Crippen LogP contribution in [0, 0.1) is 0 Å². The summed E-state index contributed by atoms with van der Waals surface area (Å²) in [5.41, 5.74) is 0.0551. The Balaban J connectivity index is 2.65. The van der Waals surface area contributed by atoms with Gasteiger partial charge in [0.15, 0.2) is 14.4 Å². The van der Waals surface area contributed by atoms with Gasteiger partial charge in [-0.25, -0.2) is 0 Å². The fourth-order valence-corrected chi connectivity index (χ4v) is 4.21. The average molecular weight is 509 g/mol. The summed E-state index contributed by atoms with van der Waals surface area (Å²) in [4.78, 5) is 0. The number of hydrogen-bond donors (Lipinski definition) is 0. The van der Waals surface area contributed by atoms with Crippen molar-refractivity contribution in [2.45, 2.75) is 16.8 Å². The van der Waals surface area contributed by atoms with Crippen molar-refractivity contribution in [1.82, 2.24) is 0 Å². The smallest absolute Gasteiger partial charge is 0.226 e. The molecular formula is C14H6Cl9O. The van der Waals surface area contributed by atoms with Gasteiger partial charge >= 0.3 is 0 Å². The molecule has 24 heavy (non-hydrogen) atoms. The van der Waals surface area contributed by atoms with Crippen LogP contribution in [0.25, 0.3) is 10.8 Å². The molecule has 2 aromatic rings. The summed E-state index contributed by atoms with van der Waals surface area (Å²) in [5, 5.41) is 13.3. The maximum Gasteiger partial charge on any atom is 0.226 e. The third kappa shape index (κ3) is 3.46. The fraction of sp³-hybridized carbons (Fsp3) is 0.286. The van der Waals surface area contributed by atoms with Crippen LogP contribution in [0.3, 0.4) is 0 Å². The van der Waals surface area contributed by atoms with Crippen LogP contribution in [-0.2, 0) is 9.44 Å². The maximum absolute atomic E-state index is 12.3. The van der Waals surface area contributed by atoms with Crippen LogP contribution in [0.15, 0.2) is 36.4 Å². The summed E-state index contributed by atoms with van der Waals surface area (Å²) in [5.74, 6) is -0.346. The largest absolute Gasteiger partial charge is 0.289 e. The van der Waals surface area contributed by atoms with E-state index in [1.807, 2.05) is 0 Å². The quantitative estimate of drug-likeness (QED) is 0.371. The number of alkyl halides is 9. The zero-order chi connectivity index (χ0) is 18.6. The predicted octanol–water partition coefficient (Wildman–Crippen LogP) is 8.33. The first-order valence-electron chi connectivity index (χ1n) is 6.14. The highest BCUT2D eigenvalue weighted by Crippen LogP contribution is 2.65. The van der Waals surface area contributed by atoms with Gasteiger partial charge in [-0.3, -0.25) is 5.11 Å². The highest BCUT2D eigenvalue weighted by Gasteiger charge is 2.68. The Kier molecular flexibility index (Phi) is 6.18. The molecule has 0 saturated heterocycles. The van der Waals surface area contributed by atoms with E-state index < -0.39 is 16.8 Å². The fourth-order valence-electron chi connectivity index (χ4n) is 2.01. The van der Waals surface area contributed by atoms with Crippen LogP contribution >= 0.6 is 104 Å². The Morgan fingerprint density at radius 2 is 1.25 bits per heavy atom. The van der Waals surface area contributed by atoms with Gasteiger partial charge in [-0.05, 0) is 23.1 Å². The topological polar surface area (TPSA) is 19.9 Å². The van der Waals surface area contributed by atoms with E-state index in [4.69, 9.17) is 104 Å². The van der Waals surface area contributed by atoms with E-state index in [1.165, 1.54) is 12.1 Å². The SMILES string of the molecule is [O]c1cc(C(Cl)(Cl)C(Cl)(Cl)C(Cl)(Cl)C(Cl)(Cl)Cl)cc2ccccc12. The van der Waals surface area contributed by atoms with Crippen LogP contribution in [-0.4, -0.2) is 12.5 Å². The van der Waals surface area contributed by atoms with E-state index in [0.717, 1.165) is 0 Å². The lowest BCUT2D eigenvalue weighted by Gasteiger charge is -2.44. The van der Waals surface area contributed by atoms with Crippen molar-refractivity contribution in [3.05, 3.63) is 42.0 Å². The van der Waals surface area contributed by atoms with Gasteiger partial charge in [0.2, 0.25) is 8.13 Å². The van der Waals surface area contributed by atoms with Crippen molar-refractivity contribution in [3.8, 4) is 5.75 Å². The van der Waals surface area contributed by atoms with E-state index in [9.17, 15) is 5.11 Å². The van der Waals surface area contributed by atoms with Gasteiger partial charge in [-0.2, -0.15) is 0 Å². The zero-order valence-corrected chi connectivity index (χ0v) is 18.1. The third-order valence-electron chi connectivity index (χ3n) is 3.33. The van der Waals surface area contributed by atoms with Gasteiger partial charge in [0.25, 0.3) is 0 Å². The Morgan fingerprint density at radius 3 is 1.79 bits per heavy atom. The third-order valence-corrected chi connectivity index (χ3v) is 8.81. The number of fused-ring (bicyclic) bond motifs is 1. The number of rotatable bonds is 3. The number of benzene rings is 2. The Labute approximate surface area is 183 Å². The van der Waals surface area contributed by atoms with Crippen LogP contribution in [0.2, 0.25) is 0 Å². The van der Waals surface area contributed by atoms with Crippen LogP contribution in [0.4, 0.5) is 0 Å². The summed E-state index contributed by atoms with van der Waals surface area (Å²) in [7, 11) is 0. The molecule has 0 aliphatic heterocycles. The number of hydrogen-bond acceptors (Lipinski definition) is 0. The molecule has 2 aromatic carbocycles. The molecule has 0 amide bonds. The van der Waals surface area contributed by atoms with Gasteiger partial charge < -0.3 is 0 Å². The van der Waals surface area contributed by atoms with Crippen molar-refractivity contribution in [2.75, 3.05) is 0 Å². The summed E-state index contributed by atoms with van der Waals surface area (Å²) in [6, 6.07) is 9.49. The van der Waals surface area contributed by atoms with Crippen molar-refractivity contribution >= 4 is 115 Å². The summed E-state index contributed by atoms with van der Waals surface area (Å²) in [6.07, 6.45) is 0. The molecule has 0 bridgehead atoms. The Hall–Kier alpha value is 1.11. The van der Waals surface area contributed by atoms with E-state index >= 15 is 0 Å². The number of halogens is 9. The van der Waals surface area contributed by atoms with E-state index in [0.29, 0.717) is 10.8 Å². The molecular weight excluding hydrogens is 503 g/mol. The predicted molar refractivity (Wildman–Crippen MR) is 107 cm³/mol. The van der Waals surface area contributed by atoms with Crippen molar-refractivity contribution in [1.29, 1.82) is 0 Å². The molecule has 0 spiro atoms. The maximum atomic E-state index is 12.3. The molecule has 0 aliphatic rings. The first-order chi connectivity index (χ1) is 10.7. The zero-order valence-electron chi connectivity index (χ0n) is 11.3. The van der Waals surface area contributed by atoms with Gasteiger partial charge in [-0.1, -0.05) is 129 Å². The molecule has 0 saturated carbocycles. The summed E-state index contributed by atoms with van der Waals surface area (Å²) in [6.45, 7) is 0. The normalized spacial score (nSPS) is 14.2. The second kappa shape index (κ2) is 6.93. The lowest BCUT2D eigenvalue weighted by Crippen LogP contribution is -2.54. The summed E-state index contributed by atoms with van der Waals surface area (Å²) < 4.78 is -9.31. The van der Waals surface area contributed by atoms with Crippen LogP contribution in [0.5, 0.6) is 5.75 Å². The minimum atomic E-state index is -2.41. The van der Waals surface area contributed by atoms with E-state index in [1.54, 1.807) is 24.3 Å². The van der Waals surface area contributed by atoms with Gasteiger partial charge in [0, 0.05) is 5.39 Å². The highest BCUT2D eigenvalue weighted by atomic mass is 35.6. The highest BCUT2D eigenvalue weighted by molar-refractivity contribution is 6.80. The molecule has 10 heteroatoms. The van der Waals surface area contributed by atoms with Crippen LogP contribution < -0.4 is 0 Å². The second-order valence-corrected chi connectivity index (χ2v) is 11.2.